The fraction of sp³-hybridized carbons (Fsp3) is 0.846. The Bertz CT molecular complexity index is 211. The van der Waals surface area contributed by atoms with E-state index in [1.807, 2.05) is 0 Å². The van der Waals surface area contributed by atoms with E-state index in [9.17, 15) is 0 Å². The highest BCUT2D eigenvalue weighted by Gasteiger charge is 2.23. The highest BCUT2D eigenvalue weighted by Crippen LogP contribution is 2.33. The Hall–Kier alpha value is -0.660. The molecular formula is C13H22N2. The van der Waals surface area contributed by atoms with Crippen molar-refractivity contribution in [3.8, 4) is 0 Å². The minimum Gasteiger partial charge on any atom is -0.310 e. The Kier molecular flexibility index (Phi) is 3.55. The maximum Gasteiger partial charge on any atom is 0.00893 e. The number of hydrogen-bond donors (Lipinski definition) is 2. The fourth-order valence-electron chi connectivity index (χ4n) is 2.99. The van der Waals surface area contributed by atoms with Crippen molar-refractivity contribution in [1.29, 1.82) is 10.8 Å². The first-order valence-corrected chi connectivity index (χ1v) is 6.36. The molecule has 2 N–H and O–H groups in total. The number of hydrogen-bond acceptors (Lipinski definition) is 2. The molecule has 0 spiro atoms. The Morgan fingerprint density at radius 2 is 1.07 bits per heavy atom. The molecule has 2 saturated carbocycles. The van der Waals surface area contributed by atoms with Crippen LogP contribution in [0.2, 0.25) is 0 Å². The zero-order valence-corrected chi connectivity index (χ0v) is 9.52. The van der Waals surface area contributed by atoms with Gasteiger partial charge in [0.05, 0.1) is 0 Å². The first-order valence-electron chi connectivity index (χ1n) is 6.36. The molecule has 2 fully saturated rings. The van der Waals surface area contributed by atoms with Crippen LogP contribution in [0.1, 0.15) is 57.8 Å². The van der Waals surface area contributed by atoms with Crippen molar-refractivity contribution in [1.82, 2.24) is 0 Å². The normalized spacial score (nSPS) is 33.1. The van der Waals surface area contributed by atoms with Crippen LogP contribution in [0.5, 0.6) is 0 Å². The first kappa shape index (κ1) is 10.8. The second-order valence-electron chi connectivity index (χ2n) is 5.33. The van der Waals surface area contributed by atoms with E-state index in [2.05, 4.69) is 0 Å². The maximum absolute atomic E-state index is 7.60. The molecule has 0 saturated heterocycles. The summed E-state index contributed by atoms with van der Waals surface area (Å²) in [5, 5.41) is 15.2. The van der Waals surface area contributed by atoms with Gasteiger partial charge in [0.15, 0.2) is 0 Å². The van der Waals surface area contributed by atoms with Crippen molar-refractivity contribution in [2.45, 2.75) is 57.8 Å². The van der Waals surface area contributed by atoms with E-state index in [-0.39, 0.29) is 0 Å². The van der Waals surface area contributed by atoms with E-state index in [0.29, 0.717) is 0 Å². The van der Waals surface area contributed by atoms with E-state index >= 15 is 0 Å². The summed E-state index contributed by atoms with van der Waals surface area (Å²) in [6, 6.07) is 0. The largest absolute Gasteiger partial charge is 0.310 e. The third kappa shape index (κ3) is 3.15. The minimum absolute atomic E-state index is 0.886. The van der Waals surface area contributed by atoms with E-state index in [0.717, 1.165) is 48.9 Å². The van der Waals surface area contributed by atoms with Crippen LogP contribution in [-0.4, -0.2) is 11.4 Å². The SMILES string of the molecule is N=C1CCC(CC2CCC(=N)CC2)CC1. The molecule has 0 aromatic heterocycles. The highest BCUT2D eigenvalue weighted by molar-refractivity contribution is 5.82. The van der Waals surface area contributed by atoms with E-state index in [1.54, 1.807) is 0 Å². The third-order valence-electron chi connectivity index (χ3n) is 4.08. The standard InChI is InChI=1S/C13H22N2/c14-12-5-1-10(2-6-12)9-11-3-7-13(15)8-4-11/h10-11,14-15H,1-9H2. The van der Waals surface area contributed by atoms with Gasteiger partial charge in [-0.2, -0.15) is 0 Å². The molecule has 0 unspecified atom stereocenters. The molecule has 0 aromatic carbocycles. The zero-order valence-electron chi connectivity index (χ0n) is 9.52. The van der Waals surface area contributed by atoms with E-state index in [1.165, 1.54) is 32.1 Å². The van der Waals surface area contributed by atoms with Gasteiger partial charge in [0.25, 0.3) is 0 Å². The summed E-state index contributed by atoms with van der Waals surface area (Å²) in [7, 11) is 0. The summed E-state index contributed by atoms with van der Waals surface area (Å²) in [6.07, 6.45) is 10.6. The molecule has 2 aliphatic rings. The Labute approximate surface area is 92.5 Å². The van der Waals surface area contributed by atoms with Crippen molar-refractivity contribution < 1.29 is 0 Å². The summed E-state index contributed by atoms with van der Waals surface area (Å²) >= 11 is 0. The molecule has 0 heterocycles. The summed E-state index contributed by atoms with van der Waals surface area (Å²) < 4.78 is 0. The van der Waals surface area contributed by atoms with Crippen molar-refractivity contribution in [2.75, 3.05) is 0 Å². The molecule has 2 aliphatic carbocycles. The lowest BCUT2D eigenvalue weighted by atomic mass is 9.77. The molecule has 0 aliphatic heterocycles. The van der Waals surface area contributed by atoms with Gasteiger partial charge in [-0.25, -0.2) is 0 Å². The Morgan fingerprint density at radius 1 is 0.733 bits per heavy atom. The second-order valence-corrected chi connectivity index (χ2v) is 5.33. The molecule has 0 bridgehead atoms. The minimum atomic E-state index is 0.886. The van der Waals surface area contributed by atoms with Gasteiger partial charge in [0, 0.05) is 11.4 Å². The number of rotatable bonds is 2. The summed E-state index contributed by atoms with van der Waals surface area (Å²) in [6.45, 7) is 0. The van der Waals surface area contributed by atoms with Crippen molar-refractivity contribution in [2.24, 2.45) is 11.8 Å². The molecule has 0 atom stereocenters. The van der Waals surface area contributed by atoms with Gasteiger partial charge in [-0.15, -0.1) is 0 Å². The molecule has 2 rings (SSSR count). The highest BCUT2D eigenvalue weighted by atomic mass is 14.4. The van der Waals surface area contributed by atoms with Gasteiger partial charge in [-0.05, 0) is 69.6 Å². The van der Waals surface area contributed by atoms with Crippen molar-refractivity contribution >= 4 is 11.4 Å². The molecular weight excluding hydrogens is 184 g/mol. The molecule has 0 radical (unpaired) electrons. The van der Waals surface area contributed by atoms with Gasteiger partial charge >= 0.3 is 0 Å². The lowest BCUT2D eigenvalue weighted by Gasteiger charge is -2.29. The van der Waals surface area contributed by atoms with Crippen molar-refractivity contribution in [3.05, 3.63) is 0 Å². The van der Waals surface area contributed by atoms with Crippen LogP contribution in [0.4, 0.5) is 0 Å². The molecule has 2 nitrogen and oxygen atoms in total. The molecule has 84 valence electrons. The summed E-state index contributed by atoms with van der Waals surface area (Å²) in [5.74, 6) is 1.77. The average molecular weight is 206 g/mol. The van der Waals surface area contributed by atoms with Crippen LogP contribution < -0.4 is 0 Å². The quantitative estimate of drug-likeness (QED) is 0.690. The van der Waals surface area contributed by atoms with E-state index in [4.69, 9.17) is 10.8 Å². The summed E-state index contributed by atoms with van der Waals surface area (Å²) in [4.78, 5) is 0. The van der Waals surface area contributed by atoms with Gasteiger partial charge in [0.2, 0.25) is 0 Å². The topological polar surface area (TPSA) is 47.7 Å². The monoisotopic (exact) mass is 206 g/mol. The van der Waals surface area contributed by atoms with Crippen molar-refractivity contribution in [3.63, 3.8) is 0 Å². The zero-order chi connectivity index (χ0) is 10.7. The smallest absolute Gasteiger partial charge is 0.00893 e. The second kappa shape index (κ2) is 4.91. The van der Waals surface area contributed by atoms with Crippen LogP contribution >= 0.6 is 0 Å². The van der Waals surface area contributed by atoms with E-state index < -0.39 is 0 Å². The fourth-order valence-corrected chi connectivity index (χ4v) is 2.99. The van der Waals surface area contributed by atoms with Gasteiger partial charge in [-0.3, -0.25) is 0 Å². The van der Waals surface area contributed by atoms with Crippen LogP contribution in [0, 0.1) is 22.7 Å². The lowest BCUT2D eigenvalue weighted by Crippen LogP contribution is -2.20. The summed E-state index contributed by atoms with van der Waals surface area (Å²) in [5.41, 5.74) is 1.94. The molecule has 0 amide bonds. The molecule has 15 heavy (non-hydrogen) atoms. The Balaban J connectivity index is 1.72. The van der Waals surface area contributed by atoms with Gasteiger partial charge in [0.1, 0.15) is 0 Å². The molecule has 0 aromatic rings. The third-order valence-corrected chi connectivity index (χ3v) is 4.08. The predicted molar refractivity (Wildman–Crippen MR) is 64.0 cm³/mol. The maximum atomic E-state index is 7.60. The van der Waals surface area contributed by atoms with Crippen LogP contribution in [-0.2, 0) is 0 Å². The lowest BCUT2D eigenvalue weighted by molar-refractivity contribution is 0.300. The van der Waals surface area contributed by atoms with Crippen LogP contribution in [0.3, 0.4) is 0 Å². The Morgan fingerprint density at radius 3 is 1.40 bits per heavy atom. The average Bonchev–Trinajstić information content (AvgIpc) is 2.25. The van der Waals surface area contributed by atoms with Gasteiger partial charge < -0.3 is 10.8 Å². The van der Waals surface area contributed by atoms with Crippen LogP contribution in [0.25, 0.3) is 0 Å². The number of nitrogens with one attached hydrogen (secondary N) is 2. The first-order chi connectivity index (χ1) is 7.24. The van der Waals surface area contributed by atoms with Crippen LogP contribution in [0.15, 0.2) is 0 Å². The van der Waals surface area contributed by atoms with Gasteiger partial charge in [-0.1, -0.05) is 0 Å². The molecule has 2 heteroatoms. The predicted octanol–water partition coefficient (Wildman–Crippen LogP) is 3.80.